The van der Waals surface area contributed by atoms with Gasteiger partial charge in [0, 0.05) is 0 Å². The largest absolute Gasteiger partial charge is 0.291 e. The van der Waals surface area contributed by atoms with E-state index in [1.807, 2.05) is 7.05 Å². The molecule has 2 heteroatoms. The second-order valence-corrected chi connectivity index (χ2v) is 2.27. The normalized spacial score (nSPS) is 30.2. The quantitative estimate of drug-likeness (QED) is 0.456. The SMILES string of the molecule is CN1CCC[C@H]1C#N. The highest BCUT2D eigenvalue weighted by molar-refractivity contribution is 4.94. The molecule has 1 aliphatic rings. The molecule has 1 aliphatic heterocycles. The van der Waals surface area contributed by atoms with Gasteiger partial charge >= 0.3 is 0 Å². The van der Waals surface area contributed by atoms with Gasteiger partial charge in [-0.15, -0.1) is 0 Å². The number of hydrogen-bond donors (Lipinski definition) is 0. The van der Waals surface area contributed by atoms with Crippen molar-refractivity contribution >= 4 is 0 Å². The van der Waals surface area contributed by atoms with Gasteiger partial charge in [-0.05, 0) is 26.4 Å². The van der Waals surface area contributed by atoms with E-state index in [0.717, 1.165) is 13.0 Å². The van der Waals surface area contributed by atoms with Crippen LogP contribution in [-0.4, -0.2) is 24.5 Å². The van der Waals surface area contributed by atoms with Crippen molar-refractivity contribution in [1.82, 2.24) is 4.90 Å². The third-order valence-corrected chi connectivity index (χ3v) is 1.67. The second kappa shape index (κ2) is 2.15. The molecule has 2 nitrogen and oxygen atoms in total. The van der Waals surface area contributed by atoms with Gasteiger partial charge in [0.05, 0.1) is 12.1 Å². The summed E-state index contributed by atoms with van der Waals surface area (Å²) in [6.07, 6.45) is 2.25. The maximum absolute atomic E-state index is 8.44. The van der Waals surface area contributed by atoms with Crippen LogP contribution in [0.3, 0.4) is 0 Å². The molecule has 0 unspecified atom stereocenters. The summed E-state index contributed by atoms with van der Waals surface area (Å²) in [6.45, 7) is 1.10. The Hall–Kier alpha value is -0.550. The third-order valence-electron chi connectivity index (χ3n) is 1.67. The number of likely N-dealkylation sites (tertiary alicyclic amines) is 1. The topological polar surface area (TPSA) is 27.0 Å². The van der Waals surface area contributed by atoms with Crippen molar-refractivity contribution in [2.75, 3.05) is 13.6 Å². The Morgan fingerprint density at radius 1 is 1.75 bits per heavy atom. The fourth-order valence-electron chi connectivity index (χ4n) is 1.07. The molecule has 44 valence electrons. The average Bonchev–Trinajstić information content (AvgIpc) is 2.14. The van der Waals surface area contributed by atoms with Gasteiger partial charge in [0.1, 0.15) is 0 Å². The highest BCUT2D eigenvalue weighted by atomic mass is 15.1. The summed E-state index contributed by atoms with van der Waals surface area (Å²) in [5, 5.41) is 8.44. The maximum Gasteiger partial charge on any atom is 0.0975 e. The predicted molar refractivity (Wildman–Crippen MR) is 31.3 cm³/mol. The van der Waals surface area contributed by atoms with Crippen LogP contribution < -0.4 is 0 Å². The fourth-order valence-corrected chi connectivity index (χ4v) is 1.07. The second-order valence-electron chi connectivity index (χ2n) is 2.27. The van der Waals surface area contributed by atoms with E-state index in [4.69, 9.17) is 5.26 Å². The van der Waals surface area contributed by atoms with E-state index in [0.29, 0.717) is 0 Å². The van der Waals surface area contributed by atoms with Gasteiger partial charge in [-0.3, -0.25) is 4.90 Å². The Kier molecular flexibility index (Phi) is 1.50. The van der Waals surface area contributed by atoms with Gasteiger partial charge in [0.2, 0.25) is 0 Å². The zero-order valence-electron chi connectivity index (χ0n) is 5.09. The van der Waals surface area contributed by atoms with Crippen LogP contribution in [0.4, 0.5) is 0 Å². The fraction of sp³-hybridized carbons (Fsp3) is 0.833. The first-order chi connectivity index (χ1) is 3.84. The van der Waals surface area contributed by atoms with Crippen molar-refractivity contribution in [2.24, 2.45) is 0 Å². The van der Waals surface area contributed by atoms with Crippen LogP contribution in [0.2, 0.25) is 0 Å². The Morgan fingerprint density at radius 3 is 2.75 bits per heavy atom. The lowest BCUT2D eigenvalue weighted by atomic mass is 10.2. The third kappa shape index (κ3) is 0.823. The van der Waals surface area contributed by atoms with Crippen molar-refractivity contribution in [1.29, 1.82) is 5.26 Å². The predicted octanol–water partition coefficient (Wildman–Crippen LogP) is 0.604. The van der Waals surface area contributed by atoms with Crippen molar-refractivity contribution in [2.45, 2.75) is 18.9 Å². The Morgan fingerprint density at radius 2 is 2.50 bits per heavy atom. The van der Waals surface area contributed by atoms with E-state index in [1.54, 1.807) is 0 Å². The number of hydrogen-bond acceptors (Lipinski definition) is 2. The van der Waals surface area contributed by atoms with Gasteiger partial charge in [-0.1, -0.05) is 0 Å². The zero-order valence-corrected chi connectivity index (χ0v) is 5.09. The zero-order chi connectivity index (χ0) is 5.98. The van der Waals surface area contributed by atoms with Gasteiger partial charge < -0.3 is 0 Å². The van der Waals surface area contributed by atoms with Crippen LogP contribution in [0.1, 0.15) is 12.8 Å². The van der Waals surface area contributed by atoms with Crippen molar-refractivity contribution in [3.63, 3.8) is 0 Å². The van der Waals surface area contributed by atoms with Crippen molar-refractivity contribution in [3.8, 4) is 6.07 Å². The highest BCUT2D eigenvalue weighted by Crippen LogP contribution is 2.12. The van der Waals surface area contributed by atoms with Gasteiger partial charge in [-0.25, -0.2) is 0 Å². The molecule has 0 N–H and O–H groups in total. The Labute approximate surface area is 49.7 Å². The highest BCUT2D eigenvalue weighted by Gasteiger charge is 2.18. The molecule has 0 aromatic carbocycles. The summed E-state index contributed by atoms with van der Waals surface area (Å²) in [7, 11) is 2.00. The van der Waals surface area contributed by atoms with E-state index in [9.17, 15) is 0 Å². The van der Waals surface area contributed by atoms with E-state index in [2.05, 4.69) is 11.0 Å². The molecule has 0 aliphatic carbocycles. The smallest absolute Gasteiger partial charge is 0.0975 e. The van der Waals surface area contributed by atoms with Crippen LogP contribution in [0.15, 0.2) is 0 Å². The number of nitrogens with zero attached hydrogens (tertiary/aromatic N) is 2. The van der Waals surface area contributed by atoms with Crippen LogP contribution in [0.25, 0.3) is 0 Å². The molecule has 1 heterocycles. The minimum Gasteiger partial charge on any atom is -0.291 e. The molecular formula is C6H10N2. The minimum atomic E-state index is 0.204. The Balaban J connectivity index is 2.45. The number of rotatable bonds is 0. The lowest BCUT2D eigenvalue weighted by Gasteiger charge is -2.09. The molecular weight excluding hydrogens is 100 g/mol. The van der Waals surface area contributed by atoms with E-state index in [-0.39, 0.29) is 6.04 Å². The van der Waals surface area contributed by atoms with Crippen LogP contribution in [0.5, 0.6) is 0 Å². The van der Waals surface area contributed by atoms with Crippen LogP contribution in [0, 0.1) is 11.3 Å². The monoisotopic (exact) mass is 110 g/mol. The molecule has 0 spiro atoms. The average molecular weight is 110 g/mol. The van der Waals surface area contributed by atoms with E-state index < -0.39 is 0 Å². The molecule has 1 atom stereocenters. The maximum atomic E-state index is 8.44. The first-order valence-electron chi connectivity index (χ1n) is 2.94. The van der Waals surface area contributed by atoms with Gasteiger partial charge in [-0.2, -0.15) is 5.26 Å². The Bertz CT molecular complexity index is 114. The first kappa shape index (κ1) is 5.58. The lowest BCUT2D eigenvalue weighted by Crippen LogP contribution is -2.22. The van der Waals surface area contributed by atoms with Crippen molar-refractivity contribution in [3.05, 3.63) is 0 Å². The molecule has 0 saturated carbocycles. The standard InChI is InChI=1S/C6H10N2/c1-8-4-2-3-6(8)5-7/h6H,2-4H2,1H3/t6-/m0/s1. The first-order valence-corrected chi connectivity index (χ1v) is 2.94. The van der Waals surface area contributed by atoms with E-state index in [1.165, 1.54) is 6.42 Å². The molecule has 0 amide bonds. The summed E-state index contributed by atoms with van der Waals surface area (Å²) < 4.78 is 0. The molecule has 0 bridgehead atoms. The van der Waals surface area contributed by atoms with E-state index >= 15 is 0 Å². The van der Waals surface area contributed by atoms with Crippen LogP contribution in [-0.2, 0) is 0 Å². The summed E-state index contributed by atoms with van der Waals surface area (Å²) in [5.41, 5.74) is 0. The molecule has 0 aromatic rings. The number of nitriles is 1. The summed E-state index contributed by atoms with van der Waals surface area (Å²) in [6, 6.07) is 2.44. The summed E-state index contributed by atoms with van der Waals surface area (Å²) in [5.74, 6) is 0. The molecule has 0 radical (unpaired) electrons. The minimum absolute atomic E-state index is 0.204. The van der Waals surface area contributed by atoms with Gasteiger partial charge in [0.15, 0.2) is 0 Å². The van der Waals surface area contributed by atoms with Crippen molar-refractivity contribution < 1.29 is 0 Å². The summed E-state index contributed by atoms with van der Waals surface area (Å²) >= 11 is 0. The molecule has 1 fully saturated rings. The van der Waals surface area contributed by atoms with Gasteiger partial charge in [0.25, 0.3) is 0 Å². The summed E-state index contributed by atoms with van der Waals surface area (Å²) in [4.78, 5) is 2.10. The lowest BCUT2D eigenvalue weighted by molar-refractivity contribution is 0.363. The molecule has 0 aromatic heterocycles. The van der Waals surface area contributed by atoms with Crippen LogP contribution >= 0.6 is 0 Å². The molecule has 1 rings (SSSR count). The molecule has 8 heavy (non-hydrogen) atoms. The molecule has 1 saturated heterocycles.